The van der Waals surface area contributed by atoms with Crippen LogP contribution in [0.5, 0.6) is 11.5 Å². The normalized spacial score (nSPS) is 20.3. The maximum absolute atomic E-state index is 13.1. The van der Waals surface area contributed by atoms with E-state index in [2.05, 4.69) is 9.80 Å². The topological polar surface area (TPSA) is 51.2 Å². The molecule has 3 heterocycles. The van der Waals surface area contributed by atoms with Crippen LogP contribution in [0, 0.1) is 13.8 Å². The minimum absolute atomic E-state index is 0.0622. The monoisotopic (exact) mass is 420 g/mol. The van der Waals surface area contributed by atoms with Gasteiger partial charge in [-0.05, 0) is 31.6 Å². The van der Waals surface area contributed by atoms with Crippen LogP contribution in [-0.2, 0) is 11.3 Å². The Morgan fingerprint density at radius 2 is 1.84 bits per heavy atom. The number of benzene rings is 2. The van der Waals surface area contributed by atoms with Crippen LogP contribution >= 0.6 is 0 Å². The molecule has 2 aromatic rings. The summed E-state index contributed by atoms with van der Waals surface area (Å²) in [6.45, 7) is 10.9. The van der Waals surface area contributed by atoms with E-state index in [4.69, 9.17) is 14.2 Å². The fraction of sp³-hybridized carbons (Fsp3) is 0.400. The summed E-state index contributed by atoms with van der Waals surface area (Å²) in [5, 5.41) is 0. The van der Waals surface area contributed by atoms with E-state index in [9.17, 15) is 4.79 Å². The molecule has 0 bridgehead atoms. The fourth-order valence-electron chi connectivity index (χ4n) is 4.46. The highest BCUT2D eigenvalue weighted by Gasteiger charge is 2.33. The van der Waals surface area contributed by atoms with E-state index >= 15 is 0 Å². The number of aryl methyl sites for hydroxylation is 1. The second-order valence-corrected chi connectivity index (χ2v) is 8.50. The van der Waals surface area contributed by atoms with Gasteiger partial charge in [0.2, 0.25) is 5.78 Å². The quantitative estimate of drug-likeness (QED) is 0.707. The molecule has 0 spiro atoms. The number of ether oxygens (including phenoxy) is 3. The molecule has 0 unspecified atom stereocenters. The third-order valence-corrected chi connectivity index (χ3v) is 6.18. The van der Waals surface area contributed by atoms with E-state index in [1.54, 1.807) is 0 Å². The summed E-state index contributed by atoms with van der Waals surface area (Å²) in [7, 11) is 0. The lowest BCUT2D eigenvalue weighted by atomic mass is 10.00. The van der Waals surface area contributed by atoms with Crippen molar-refractivity contribution in [2.24, 2.45) is 0 Å². The van der Waals surface area contributed by atoms with Crippen molar-refractivity contribution in [2.45, 2.75) is 20.4 Å². The number of allylic oxidation sites excluding steroid dienone is 1. The number of morpholine rings is 1. The van der Waals surface area contributed by atoms with Crippen molar-refractivity contribution < 1.29 is 19.0 Å². The summed E-state index contributed by atoms with van der Waals surface area (Å²) in [5.74, 6) is 1.79. The lowest BCUT2D eigenvalue weighted by molar-refractivity contribution is 0.0239. The third-order valence-electron chi connectivity index (χ3n) is 6.18. The van der Waals surface area contributed by atoms with Gasteiger partial charge in [0.25, 0.3) is 0 Å². The maximum Gasteiger partial charge on any atom is 0.231 e. The van der Waals surface area contributed by atoms with Gasteiger partial charge in [0.1, 0.15) is 18.2 Å². The van der Waals surface area contributed by atoms with Crippen molar-refractivity contribution in [2.75, 3.05) is 46.1 Å². The van der Waals surface area contributed by atoms with Crippen molar-refractivity contribution in [3.63, 3.8) is 0 Å². The lowest BCUT2D eigenvalue weighted by Crippen LogP contribution is -2.43. The highest BCUT2D eigenvalue weighted by Crippen LogP contribution is 2.43. The number of ketones is 1. The number of hydrogen-bond acceptors (Lipinski definition) is 6. The van der Waals surface area contributed by atoms with Gasteiger partial charge in [-0.25, -0.2) is 0 Å². The summed E-state index contributed by atoms with van der Waals surface area (Å²) >= 11 is 0. The van der Waals surface area contributed by atoms with E-state index < -0.39 is 0 Å². The molecule has 2 aromatic carbocycles. The maximum atomic E-state index is 13.1. The minimum Gasteiger partial charge on any atom is -0.477 e. The van der Waals surface area contributed by atoms with Crippen molar-refractivity contribution in [1.82, 2.24) is 9.80 Å². The van der Waals surface area contributed by atoms with E-state index in [0.29, 0.717) is 23.8 Å². The van der Waals surface area contributed by atoms with Crippen LogP contribution in [0.25, 0.3) is 6.08 Å². The first-order valence-electron chi connectivity index (χ1n) is 10.9. The summed E-state index contributed by atoms with van der Waals surface area (Å²) in [6, 6.07) is 10.00. The molecular formula is C25H28N2O4. The molecule has 0 atom stereocenters. The molecule has 0 aliphatic carbocycles. The number of hydrogen-bond donors (Lipinski definition) is 0. The van der Waals surface area contributed by atoms with E-state index in [1.807, 2.05) is 50.3 Å². The number of nitrogens with zero attached hydrogens (tertiary/aromatic N) is 2. The molecule has 0 aromatic heterocycles. The van der Waals surface area contributed by atoms with E-state index in [0.717, 1.165) is 73.9 Å². The molecule has 6 heteroatoms. The van der Waals surface area contributed by atoms with Gasteiger partial charge in [0.05, 0.1) is 18.8 Å². The molecule has 0 amide bonds. The Hall–Kier alpha value is -2.67. The van der Waals surface area contributed by atoms with Gasteiger partial charge in [-0.3, -0.25) is 14.6 Å². The SMILES string of the molecule is Cc1cccc(/C=C2\Oc3c(cc4c(c3C)OCN(CCN3CCOCC3)C4)C2=O)c1. The van der Waals surface area contributed by atoms with Gasteiger partial charge >= 0.3 is 0 Å². The third kappa shape index (κ3) is 4.11. The summed E-state index contributed by atoms with van der Waals surface area (Å²) in [4.78, 5) is 17.8. The average Bonchev–Trinajstić information content (AvgIpc) is 3.09. The van der Waals surface area contributed by atoms with Crippen LogP contribution < -0.4 is 9.47 Å². The van der Waals surface area contributed by atoms with Crippen molar-refractivity contribution in [3.8, 4) is 11.5 Å². The van der Waals surface area contributed by atoms with Crippen molar-refractivity contribution in [3.05, 3.63) is 63.9 Å². The molecule has 31 heavy (non-hydrogen) atoms. The second kappa shape index (κ2) is 8.46. The first kappa shape index (κ1) is 20.2. The molecule has 0 radical (unpaired) electrons. The van der Waals surface area contributed by atoms with Gasteiger partial charge in [-0.1, -0.05) is 29.8 Å². The van der Waals surface area contributed by atoms with Crippen LogP contribution in [-0.4, -0.2) is 61.7 Å². The lowest BCUT2D eigenvalue weighted by Gasteiger charge is -2.33. The minimum atomic E-state index is -0.0622. The van der Waals surface area contributed by atoms with Gasteiger partial charge in [-0.15, -0.1) is 0 Å². The number of carbonyl (C=O) groups excluding carboxylic acids is 1. The summed E-state index contributed by atoms with van der Waals surface area (Å²) in [5.41, 5.74) is 4.70. The Bertz CT molecular complexity index is 1040. The molecule has 1 fully saturated rings. The predicted molar refractivity (Wildman–Crippen MR) is 118 cm³/mol. The highest BCUT2D eigenvalue weighted by molar-refractivity contribution is 6.15. The Labute approximate surface area is 183 Å². The summed E-state index contributed by atoms with van der Waals surface area (Å²) in [6.07, 6.45) is 1.82. The van der Waals surface area contributed by atoms with Crippen molar-refractivity contribution >= 4 is 11.9 Å². The number of fused-ring (bicyclic) bond motifs is 2. The molecular weight excluding hydrogens is 392 g/mol. The Morgan fingerprint density at radius 1 is 1.03 bits per heavy atom. The van der Waals surface area contributed by atoms with Crippen molar-refractivity contribution in [1.29, 1.82) is 0 Å². The molecule has 3 aliphatic heterocycles. The standard InChI is InChI=1S/C25H28N2O4/c1-17-4-3-5-19(12-17)13-22-23(28)21-14-20-15-27(7-6-26-8-10-29-11-9-26)16-30-24(20)18(2)25(21)31-22/h3-5,12-14H,6-11,15-16H2,1-2H3/b22-13-. The molecule has 0 saturated carbocycles. The predicted octanol–water partition coefficient (Wildman–Crippen LogP) is 3.40. The van der Waals surface area contributed by atoms with Gasteiger partial charge in [0.15, 0.2) is 5.76 Å². The van der Waals surface area contributed by atoms with E-state index in [1.165, 1.54) is 0 Å². The van der Waals surface area contributed by atoms with Crippen LogP contribution in [0.15, 0.2) is 36.1 Å². The Kier molecular flexibility index (Phi) is 5.52. The van der Waals surface area contributed by atoms with Crippen LogP contribution in [0.1, 0.15) is 32.6 Å². The van der Waals surface area contributed by atoms with Crippen LogP contribution in [0.2, 0.25) is 0 Å². The fourth-order valence-corrected chi connectivity index (χ4v) is 4.46. The number of Topliss-reactive ketones (excluding diaryl/α,β-unsaturated/α-hetero) is 1. The molecule has 0 N–H and O–H groups in total. The molecule has 3 aliphatic rings. The molecule has 162 valence electrons. The number of rotatable bonds is 4. The zero-order chi connectivity index (χ0) is 21.4. The van der Waals surface area contributed by atoms with Gasteiger partial charge in [0, 0.05) is 43.9 Å². The molecule has 6 nitrogen and oxygen atoms in total. The Morgan fingerprint density at radius 3 is 2.65 bits per heavy atom. The highest BCUT2D eigenvalue weighted by atomic mass is 16.5. The van der Waals surface area contributed by atoms with Crippen LogP contribution in [0.3, 0.4) is 0 Å². The smallest absolute Gasteiger partial charge is 0.231 e. The summed E-state index contributed by atoms with van der Waals surface area (Å²) < 4.78 is 17.5. The van der Waals surface area contributed by atoms with E-state index in [-0.39, 0.29) is 5.78 Å². The molecule has 1 saturated heterocycles. The largest absolute Gasteiger partial charge is 0.477 e. The average molecular weight is 421 g/mol. The van der Waals surface area contributed by atoms with Gasteiger partial charge in [-0.2, -0.15) is 0 Å². The van der Waals surface area contributed by atoms with Crippen LogP contribution in [0.4, 0.5) is 0 Å². The van der Waals surface area contributed by atoms with Gasteiger partial charge < -0.3 is 14.2 Å². The first-order valence-corrected chi connectivity index (χ1v) is 10.9. The zero-order valence-corrected chi connectivity index (χ0v) is 18.1. The Balaban J connectivity index is 1.34. The number of carbonyl (C=O) groups is 1. The second-order valence-electron chi connectivity index (χ2n) is 8.50. The zero-order valence-electron chi connectivity index (χ0n) is 18.1. The molecule has 5 rings (SSSR count). The first-order chi connectivity index (χ1) is 15.1.